The van der Waals surface area contributed by atoms with Crippen molar-refractivity contribution in [3.63, 3.8) is 0 Å². The van der Waals surface area contributed by atoms with Crippen molar-refractivity contribution in [2.45, 2.75) is 69.4 Å². The number of nitrogens with one attached hydrogen (secondary N) is 1. The molecule has 230 valence electrons. The molecule has 2 fully saturated rings. The summed E-state index contributed by atoms with van der Waals surface area (Å²) in [7, 11) is 0. The van der Waals surface area contributed by atoms with Crippen LogP contribution in [-0.2, 0) is 35.7 Å². The molecule has 0 radical (unpaired) electrons. The number of alkyl halides is 6. The van der Waals surface area contributed by atoms with E-state index < -0.39 is 41.3 Å². The topological polar surface area (TPSA) is 32.3 Å². The second-order valence-corrected chi connectivity index (χ2v) is 12.0. The van der Waals surface area contributed by atoms with E-state index in [2.05, 4.69) is 34.5 Å². The second kappa shape index (κ2) is 12.7. The number of likely N-dealkylation sites (tertiary alicyclic amines) is 1. The highest BCUT2D eigenvalue weighted by atomic mass is 19.4. The Morgan fingerprint density at radius 1 is 0.721 bits per heavy atom. The van der Waals surface area contributed by atoms with E-state index in [1.807, 2.05) is 36.4 Å². The van der Waals surface area contributed by atoms with Gasteiger partial charge in [-0.25, -0.2) is 0 Å². The van der Waals surface area contributed by atoms with Crippen LogP contribution >= 0.6 is 0 Å². The minimum Gasteiger partial charge on any atom is -0.346 e. The first-order valence-corrected chi connectivity index (χ1v) is 14.8. The van der Waals surface area contributed by atoms with Crippen LogP contribution in [0.1, 0.15) is 66.3 Å². The van der Waals surface area contributed by atoms with Gasteiger partial charge in [0.2, 0.25) is 5.91 Å². The molecule has 0 unspecified atom stereocenters. The van der Waals surface area contributed by atoms with Gasteiger partial charge in [-0.15, -0.1) is 0 Å². The maximum atomic E-state index is 13.4. The quantitative estimate of drug-likeness (QED) is 0.276. The first kappa shape index (κ1) is 31.1. The van der Waals surface area contributed by atoms with Crippen LogP contribution in [0.15, 0.2) is 78.9 Å². The molecule has 3 aromatic carbocycles. The zero-order valence-corrected chi connectivity index (χ0v) is 23.9. The lowest BCUT2D eigenvalue weighted by Gasteiger charge is -2.45. The molecule has 0 aromatic heterocycles. The summed E-state index contributed by atoms with van der Waals surface area (Å²) in [6.45, 7) is 3.01. The van der Waals surface area contributed by atoms with E-state index in [4.69, 9.17) is 0 Å². The van der Waals surface area contributed by atoms with Crippen LogP contribution in [0, 0.1) is 11.8 Å². The van der Waals surface area contributed by atoms with Crippen LogP contribution in [0.25, 0.3) is 0 Å². The standard InChI is InChI=1S/C34H36F6N2O/c35-33(36,37)29-19-25(20-30(22-29)34(38,39)40)21-31(43)41-32(28-9-5-2-6-10-28)15-11-26(12-16-32)27-13-17-42(18-14-27)23-24-7-3-1-4-8-24/h1-10,19-20,22,26-27H,11-18,21,23H2,(H,41,43). The summed E-state index contributed by atoms with van der Waals surface area (Å²) in [6, 6.07) is 21.2. The fourth-order valence-electron chi connectivity index (χ4n) is 6.89. The monoisotopic (exact) mass is 602 g/mol. The molecular weight excluding hydrogens is 566 g/mol. The summed E-state index contributed by atoms with van der Waals surface area (Å²) < 4.78 is 80.2. The van der Waals surface area contributed by atoms with Crippen molar-refractivity contribution in [2.24, 2.45) is 11.8 Å². The highest BCUT2D eigenvalue weighted by Crippen LogP contribution is 2.44. The van der Waals surface area contributed by atoms with Crippen LogP contribution in [0.2, 0.25) is 0 Å². The number of piperidine rings is 1. The smallest absolute Gasteiger partial charge is 0.346 e. The van der Waals surface area contributed by atoms with Crippen molar-refractivity contribution < 1.29 is 31.1 Å². The average molecular weight is 603 g/mol. The van der Waals surface area contributed by atoms with E-state index in [0.717, 1.165) is 50.9 Å². The van der Waals surface area contributed by atoms with Gasteiger partial charge in [-0.05, 0) is 98.3 Å². The maximum Gasteiger partial charge on any atom is 0.416 e. The van der Waals surface area contributed by atoms with Crippen LogP contribution < -0.4 is 5.32 Å². The maximum absolute atomic E-state index is 13.4. The Hall–Kier alpha value is -3.33. The molecule has 1 aliphatic heterocycles. The van der Waals surface area contributed by atoms with Crippen molar-refractivity contribution in [1.29, 1.82) is 0 Å². The molecule has 1 aliphatic carbocycles. The molecular formula is C34H36F6N2O. The fourth-order valence-corrected chi connectivity index (χ4v) is 6.89. The number of amides is 1. The van der Waals surface area contributed by atoms with Crippen LogP contribution in [0.5, 0.6) is 0 Å². The number of hydrogen-bond donors (Lipinski definition) is 1. The normalized spacial score (nSPS) is 22.3. The van der Waals surface area contributed by atoms with Gasteiger partial charge in [-0.1, -0.05) is 60.7 Å². The van der Waals surface area contributed by atoms with Crippen molar-refractivity contribution in [3.05, 3.63) is 107 Å². The molecule has 5 rings (SSSR count). The first-order chi connectivity index (χ1) is 20.4. The summed E-state index contributed by atoms with van der Waals surface area (Å²) in [6.07, 6.45) is -5.19. The SMILES string of the molecule is O=C(Cc1cc(C(F)(F)F)cc(C(F)(F)F)c1)NC1(c2ccccc2)CCC(C2CCN(Cc3ccccc3)CC2)CC1. The predicted molar refractivity (Wildman–Crippen MR) is 153 cm³/mol. The third kappa shape index (κ3) is 7.80. The van der Waals surface area contributed by atoms with Gasteiger partial charge in [0.25, 0.3) is 0 Å². The predicted octanol–water partition coefficient (Wildman–Crippen LogP) is 8.38. The van der Waals surface area contributed by atoms with Crippen molar-refractivity contribution in [1.82, 2.24) is 10.2 Å². The number of rotatable bonds is 7. The van der Waals surface area contributed by atoms with Gasteiger partial charge in [0, 0.05) is 6.54 Å². The summed E-state index contributed by atoms with van der Waals surface area (Å²) >= 11 is 0. The minimum absolute atomic E-state index is 0.0836. The van der Waals surface area contributed by atoms with Gasteiger partial charge < -0.3 is 5.32 Å². The highest BCUT2D eigenvalue weighted by molar-refractivity contribution is 5.79. The number of carbonyl (C=O) groups excluding carboxylic acids is 1. The van der Waals surface area contributed by atoms with E-state index in [1.54, 1.807) is 0 Å². The Bertz CT molecular complexity index is 1320. The molecule has 1 saturated carbocycles. The van der Waals surface area contributed by atoms with E-state index in [9.17, 15) is 31.1 Å². The molecule has 9 heteroatoms. The summed E-state index contributed by atoms with van der Waals surface area (Å²) in [4.78, 5) is 15.8. The van der Waals surface area contributed by atoms with E-state index in [0.29, 0.717) is 36.8 Å². The molecule has 0 spiro atoms. The molecule has 3 aromatic rings. The molecule has 1 N–H and O–H groups in total. The summed E-state index contributed by atoms with van der Waals surface area (Å²) in [5, 5.41) is 3.06. The molecule has 0 atom stereocenters. The van der Waals surface area contributed by atoms with Gasteiger partial charge in [-0.2, -0.15) is 26.3 Å². The minimum atomic E-state index is -4.96. The molecule has 1 saturated heterocycles. The number of carbonyl (C=O) groups is 1. The van der Waals surface area contributed by atoms with E-state index in [-0.39, 0.29) is 11.6 Å². The van der Waals surface area contributed by atoms with Gasteiger partial charge >= 0.3 is 12.4 Å². The number of hydrogen-bond acceptors (Lipinski definition) is 2. The lowest BCUT2D eigenvalue weighted by Crippen LogP contribution is -2.49. The van der Waals surface area contributed by atoms with Crippen molar-refractivity contribution in [2.75, 3.05) is 13.1 Å². The van der Waals surface area contributed by atoms with Gasteiger partial charge in [-0.3, -0.25) is 9.69 Å². The number of halogens is 6. The average Bonchev–Trinajstić information content (AvgIpc) is 2.98. The molecule has 1 heterocycles. The third-order valence-electron chi connectivity index (χ3n) is 9.15. The Kier molecular flexibility index (Phi) is 9.20. The molecule has 2 aliphatic rings. The molecule has 1 amide bonds. The molecule has 43 heavy (non-hydrogen) atoms. The third-order valence-corrected chi connectivity index (χ3v) is 9.15. The van der Waals surface area contributed by atoms with Crippen LogP contribution in [-0.4, -0.2) is 23.9 Å². The lowest BCUT2D eigenvalue weighted by atomic mass is 9.67. The lowest BCUT2D eigenvalue weighted by molar-refractivity contribution is -0.143. The van der Waals surface area contributed by atoms with Crippen LogP contribution in [0.3, 0.4) is 0 Å². The summed E-state index contributed by atoms with van der Waals surface area (Å²) in [5.41, 5.74) is -1.67. The molecule has 3 nitrogen and oxygen atoms in total. The largest absolute Gasteiger partial charge is 0.416 e. The van der Waals surface area contributed by atoms with Gasteiger partial charge in [0.1, 0.15) is 0 Å². The Morgan fingerprint density at radius 3 is 1.77 bits per heavy atom. The highest BCUT2D eigenvalue weighted by Gasteiger charge is 2.41. The Balaban J connectivity index is 1.25. The van der Waals surface area contributed by atoms with Crippen molar-refractivity contribution in [3.8, 4) is 0 Å². The van der Waals surface area contributed by atoms with E-state index in [1.165, 1.54) is 5.56 Å². The van der Waals surface area contributed by atoms with E-state index >= 15 is 0 Å². The zero-order chi connectivity index (χ0) is 30.7. The molecule has 0 bridgehead atoms. The fraction of sp³-hybridized carbons (Fsp3) is 0.441. The number of benzene rings is 3. The van der Waals surface area contributed by atoms with Gasteiger partial charge in [0.15, 0.2) is 0 Å². The van der Waals surface area contributed by atoms with Crippen LogP contribution in [0.4, 0.5) is 26.3 Å². The Labute approximate surface area is 248 Å². The zero-order valence-electron chi connectivity index (χ0n) is 23.9. The summed E-state index contributed by atoms with van der Waals surface area (Å²) in [5.74, 6) is 0.497. The van der Waals surface area contributed by atoms with Gasteiger partial charge in [0.05, 0.1) is 23.1 Å². The number of nitrogens with zero attached hydrogens (tertiary/aromatic N) is 1. The second-order valence-electron chi connectivity index (χ2n) is 12.0. The first-order valence-electron chi connectivity index (χ1n) is 14.8. The Morgan fingerprint density at radius 2 is 1.23 bits per heavy atom. The van der Waals surface area contributed by atoms with Crippen molar-refractivity contribution >= 4 is 5.91 Å².